The van der Waals surface area contributed by atoms with Gasteiger partial charge in [0, 0.05) is 29.9 Å². The molecule has 21 heavy (non-hydrogen) atoms. The van der Waals surface area contributed by atoms with E-state index in [2.05, 4.69) is 9.97 Å². The van der Waals surface area contributed by atoms with Crippen molar-refractivity contribution in [2.24, 2.45) is 0 Å². The Bertz CT molecular complexity index is 847. The molecule has 0 saturated carbocycles. The predicted molar refractivity (Wildman–Crippen MR) is 84.0 cm³/mol. The Hall–Kier alpha value is -1.91. The lowest BCUT2D eigenvalue weighted by Gasteiger charge is -2.07. The van der Waals surface area contributed by atoms with Gasteiger partial charge in [-0.1, -0.05) is 29.3 Å². The number of fused-ring (bicyclic) bond motifs is 1. The van der Waals surface area contributed by atoms with Gasteiger partial charge in [-0.3, -0.25) is 14.3 Å². The number of aromatic nitrogens is 3. The second-order valence-corrected chi connectivity index (χ2v) is 5.44. The molecule has 0 saturated heterocycles. The minimum absolute atomic E-state index is 0.152. The fraction of sp³-hybridized carbons (Fsp3) is 0.133. The summed E-state index contributed by atoms with van der Waals surface area (Å²) in [6, 6.07) is 8.87. The molecule has 0 aliphatic carbocycles. The van der Waals surface area contributed by atoms with Gasteiger partial charge < -0.3 is 0 Å². The number of aryl methyl sites for hydroxylation is 2. The molecule has 1 aromatic carbocycles. The molecule has 3 aromatic rings. The summed E-state index contributed by atoms with van der Waals surface area (Å²) in [6.45, 7) is 0.503. The number of halogens is 2. The first-order valence-electron chi connectivity index (χ1n) is 6.39. The lowest BCUT2D eigenvalue weighted by molar-refractivity contribution is 0.654. The third kappa shape index (κ3) is 2.91. The molecule has 3 rings (SSSR count). The Labute approximate surface area is 131 Å². The molecule has 0 atom stereocenters. The lowest BCUT2D eigenvalue weighted by Crippen LogP contribution is -2.21. The van der Waals surface area contributed by atoms with Crippen molar-refractivity contribution in [3.63, 3.8) is 0 Å². The van der Waals surface area contributed by atoms with Crippen molar-refractivity contribution in [2.75, 3.05) is 0 Å². The SMILES string of the molecule is O=c1c2cc(Cl)cc(Cl)c2ncn1CCc1ccccn1. The van der Waals surface area contributed by atoms with Crippen molar-refractivity contribution in [1.29, 1.82) is 0 Å². The van der Waals surface area contributed by atoms with Crippen molar-refractivity contribution < 1.29 is 0 Å². The summed E-state index contributed by atoms with van der Waals surface area (Å²) in [7, 11) is 0. The van der Waals surface area contributed by atoms with E-state index in [9.17, 15) is 4.79 Å². The summed E-state index contributed by atoms with van der Waals surface area (Å²) in [5.74, 6) is 0. The van der Waals surface area contributed by atoms with Crippen LogP contribution in [0.3, 0.4) is 0 Å². The van der Waals surface area contributed by atoms with Crippen LogP contribution in [-0.4, -0.2) is 14.5 Å². The first kappa shape index (κ1) is 14.0. The maximum absolute atomic E-state index is 12.4. The van der Waals surface area contributed by atoms with E-state index in [1.807, 2.05) is 18.2 Å². The smallest absolute Gasteiger partial charge is 0.261 e. The first-order chi connectivity index (χ1) is 10.1. The Morgan fingerprint density at radius 3 is 2.76 bits per heavy atom. The van der Waals surface area contributed by atoms with Gasteiger partial charge in [-0.15, -0.1) is 0 Å². The molecule has 0 radical (unpaired) electrons. The van der Waals surface area contributed by atoms with E-state index in [4.69, 9.17) is 23.2 Å². The van der Waals surface area contributed by atoms with Crippen LogP contribution < -0.4 is 5.56 Å². The summed E-state index contributed by atoms with van der Waals surface area (Å²) in [5.41, 5.74) is 1.24. The van der Waals surface area contributed by atoms with E-state index in [0.717, 1.165) is 5.69 Å². The fourth-order valence-corrected chi connectivity index (χ4v) is 2.68. The molecule has 0 amide bonds. The monoisotopic (exact) mass is 319 g/mol. The molecule has 0 unspecified atom stereocenters. The minimum atomic E-state index is -0.152. The highest BCUT2D eigenvalue weighted by molar-refractivity contribution is 6.38. The maximum atomic E-state index is 12.4. The van der Waals surface area contributed by atoms with Gasteiger partial charge in [0.05, 0.1) is 22.3 Å². The largest absolute Gasteiger partial charge is 0.298 e. The van der Waals surface area contributed by atoms with Crippen molar-refractivity contribution in [3.05, 3.63) is 68.9 Å². The summed E-state index contributed by atoms with van der Waals surface area (Å²) in [5, 5.41) is 1.23. The summed E-state index contributed by atoms with van der Waals surface area (Å²) in [6.07, 6.45) is 3.89. The Balaban J connectivity index is 1.97. The second-order valence-electron chi connectivity index (χ2n) is 4.60. The van der Waals surface area contributed by atoms with Crippen LogP contribution in [0.1, 0.15) is 5.69 Å². The second kappa shape index (κ2) is 5.84. The van der Waals surface area contributed by atoms with E-state index in [1.165, 1.54) is 6.33 Å². The number of rotatable bonds is 3. The molecule has 2 heterocycles. The highest BCUT2D eigenvalue weighted by Crippen LogP contribution is 2.23. The van der Waals surface area contributed by atoms with Crippen molar-refractivity contribution in [2.45, 2.75) is 13.0 Å². The predicted octanol–water partition coefficient (Wildman–Crippen LogP) is 3.34. The van der Waals surface area contributed by atoms with Crippen LogP contribution in [0, 0.1) is 0 Å². The Kier molecular flexibility index (Phi) is 3.90. The van der Waals surface area contributed by atoms with Gasteiger partial charge in [-0.2, -0.15) is 0 Å². The number of pyridine rings is 1. The quantitative estimate of drug-likeness (QED) is 0.743. The fourth-order valence-electron chi connectivity index (χ4n) is 2.14. The Morgan fingerprint density at radius 1 is 1.14 bits per heavy atom. The molecule has 0 N–H and O–H groups in total. The minimum Gasteiger partial charge on any atom is -0.298 e. The van der Waals surface area contributed by atoms with E-state index >= 15 is 0 Å². The van der Waals surface area contributed by atoms with Gasteiger partial charge in [-0.05, 0) is 24.3 Å². The molecular weight excluding hydrogens is 309 g/mol. The van der Waals surface area contributed by atoms with E-state index in [0.29, 0.717) is 33.9 Å². The average Bonchev–Trinajstić information content (AvgIpc) is 2.48. The average molecular weight is 320 g/mol. The zero-order valence-corrected chi connectivity index (χ0v) is 12.5. The molecule has 0 bridgehead atoms. The number of hydrogen-bond donors (Lipinski definition) is 0. The molecule has 106 valence electrons. The number of nitrogens with zero attached hydrogens (tertiary/aromatic N) is 3. The standard InChI is InChI=1S/C15H11Cl2N3O/c16-10-7-12-14(13(17)8-10)19-9-20(15(12)21)6-4-11-3-1-2-5-18-11/h1-3,5,7-9H,4,6H2. The van der Waals surface area contributed by atoms with Crippen LogP contribution in [0.4, 0.5) is 0 Å². The first-order valence-corrected chi connectivity index (χ1v) is 7.15. The van der Waals surface area contributed by atoms with E-state index < -0.39 is 0 Å². The van der Waals surface area contributed by atoms with Crippen LogP contribution in [0.5, 0.6) is 0 Å². The summed E-state index contributed by atoms with van der Waals surface area (Å²) in [4.78, 5) is 20.9. The van der Waals surface area contributed by atoms with Gasteiger partial charge in [0.2, 0.25) is 0 Å². The topological polar surface area (TPSA) is 47.8 Å². The number of benzene rings is 1. The molecular formula is C15H11Cl2N3O. The van der Waals surface area contributed by atoms with Crippen LogP contribution in [0.2, 0.25) is 10.0 Å². The zero-order chi connectivity index (χ0) is 14.8. The van der Waals surface area contributed by atoms with Crippen molar-refractivity contribution in [3.8, 4) is 0 Å². The van der Waals surface area contributed by atoms with Gasteiger partial charge >= 0.3 is 0 Å². The molecule has 0 aliphatic rings. The van der Waals surface area contributed by atoms with Gasteiger partial charge in [0.15, 0.2) is 0 Å². The molecule has 2 aromatic heterocycles. The molecule has 0 spiro atoms. The normalized spacial score (nSPS) is 11.0. The van der Waals surface area contributed by atoms with Crippen LogP contribution in [-0.2, 0) is 13.0 Å². The highest BCUT2D eigenvalue weighted by atomic mass is 35.5. The van der Waals surface area contributed by atoms with Crippen LogP contribution in [0.25, 0.3) is 10.9 Å². The van der Waals surface area contributed by atoms with Crippen LogP contribution >= 0.6 is 23.2 Å². The van der Waals surface area contributed by atoms with Gasteiger partial charge in [0.25, 0.3) is 5.56 Å². The third-order valence-electron chi connectivity index (χ3n) is 3.18. The summed E-state index contributed by atoms with van der Waals surface area (Å²) < 4.78 is 1.55. The van der Waals surface area contributed by atoms with Gasteiger partial charge in [0.1, 0.15) is 0 Å². The molecule has 6 heteroatoms. The molecule has 0 fully saturated rings. The third-order valence-corrected chi connectivity index (χ3v) is 3.69. The highest BCUT2D eigenvalue weighted by Gasteiger charge is 2.09. The van der Waals surface area contributed by atoms with Crippen molar-refractivity contribution >= 4 is 34.1 Å². The van der Waals surface area contributed by atoms with E-state index in [-0.39, 0.29) is 5.56 Å². The van der Waals surface area contributed by atoms with Gasteiger partial charge in [-0.25, -0.2) is 4.98 Å². The summed E-state index contributed by atoms with van der Waals surface area (Å²) >= 11 is 12.0. The van der Waals surface area contributed by atoms with Crippen LogP contribution in [0.15, 0.2) is 47.7 Å². The maximum Gasteiger partial charge on any atom is 0.261 e. The lowest BCUT2D eigenvalue weighted by atomic mass is 10.2. The number of hydrogen-bond acceptors (Lipinski definition) is 3. The zero-order valence-electron chi connectivity index (χ0n) is 11.0. The molecule has 4 nitrogen and oxygen atoms in total. The van der Waals surface area contributed by atoms with Crippen molar-refractivity contribution in [1.82, 2.24) is 14.5 Å². The molecule has 0 aliphatic heterocycles. The Morgan fingerprint density at radius 2 is 2.00 bits per heavy atom. The van der Waals surface area contributed by atoms with E-state index in [1.54, 1.807) is 22.9 Å².